The molecule has 0 amide bonds. The molecule has 6 heteroatoms. The second-order valence-corrected chi connectivity index (χ2v) is 7.66. The number of aliphatic imine (C=N–C) groups is 1. The summed E-state index contributed by atoms with van der Waals surface area (Å²) in [4.78, 5) is 11.3. The number of rotatable bonds is 5. The third kappa shape index (κ3) is 4.28. The van der Waals surface area contributed by atoms with E-state index in [0.29, 0.717) is 12.0 Å². The van der Waals surface area contributed by atoms with Crippen molar-refractivity contribution in [3.8, 4) is 0 Å². The minimum Gasteiger partial charge on any atom is -0.353 e. The molecule has 4 nitrogen and oxygen atoms in total. The molecule has 0 radical (unpaired) electrons. The average Bonchev–Trinajstić information content (AvgIpc) is 3.20. The summed E-state index contributed by atoms with van der Waals surface area (Å²) in [6.07, 6.45) is 1.12. The smallest absolute Gasteiger partial charge is 0.194 e. The number of nitrogens with one attached hydrogen (secondary N) is 1. The Labute approximate surface area is 152 Å². The Balaban J connectivity index is 1.62. The molecule has 0 bridgehead atoms. The van der Waals surface area contributed by atoms with Gasteiger partial charge in [0.15, 0.2) is 5.96 Å². The van der Waals surface area contributed by atoms with Crippen LogP contribution in [0.3, 0.4) is 0 Å². The lowest BCUT2D eigenvalue weighted by Crippen LogP contribution is -2.40. The summed E-state index contributed by atoms with van der Waals surface area (Å²) in [5, 5.41) is 7.61. The minimum absolute atomic E-state index is 0.424. The first kappa shape index (κ1) is 17.2. The first-order valence-corrected chi connectivity index (χ1v) is 9.51. The van der Waals surface area contributed by atoms with Crippen LogP contribution < -0.4 is 5.32 Å². The van der Waals surface area contributed by atoms with Crippen LogP contribution in [0.5, 0.6) is 0 Å². The highest BCUT2D eigenvalue weighted by molar-refractivity contribution is 7.09. The maximum absolute atomic E-state index is 6.10. The van der Waals surface area contributed by atoms with Crippen molar-refractivity contribution in [2.45, 2.75) is 38.8 Å². The number of benzene rings is 1. The van der Waals surface area contributed by atoms with Gasteiger partial charge in [0.1, 0.15) is 0 Å². The van der Waals surface area contributed by atoms with E-state index in [2.05, 4.69) is 51.7 Å². The molecule has 1 aliphatic rings. The standard InChI is InChI=1S/C18H23ClN4S/c1-4-20-18(23(3)10-15-11-24-12(2)21-15)22-17-9-16(17)13-6-5-7-14(19)8-13/h5-8,11,16-17H,4,9-10H2,1-3H3,(H,20,22). The van der Waals surface area contributed by atoms with E-state index in [1.807, 2.05) is 19.1 Å². The number of halogens is 1. The highest BCUT2D eigenvalue weighted by atomic mass is 35.5. The fraction of sp³-hybridized carbons (Fsp3) is 0.444. The molecule has 1 fully saturated rings. The lowest BCUT2D eigenvalue weighted by atomic mass is 10.1. The number of guanidine groups is 1. The molecule has 24 heavy (non-hydrogen) atoms. The van der Waals surface area contributed by atoms with Crippen LogP contribution >= 0.6 is 22.9 Å². The van der Waals surface area contributed by atoms with Gasteiger partial charge in [-0.15, -0.1) is 11.3 Å². The maximum Gasteiger partial charge on any atom is 0.194 e. The number of hydrogen-bond acceptors (Lipinski definition) is 3. The molecule has 2 aromatic rings. The monoisotopic (exact) mass is 362 g/mol. The van der Waals surface area contributed by atoms with E-state index in [1.54, 1.807) is 11.3 Å². The van der Waals surface area contributed by atoms with Crippen molar-refractivity contribution in [3.05, 3.63) is 50.9 Å². The molecular formula is C18H23ClN4S. The summed E-state index contributed by atoms with van der Waals surface area (Å²) in [6.45, 7) is 5.62. The molecule has 0 saturated heterocycles. The lowest BCUT2D eigenvalue weighted by molar-refractivity contribution is 0.468. The molecule has 1 N–H and O–H groups in total. The summed E-state index contributed by atoms with van der Waals surface area (Å²) in [5.74, 6) is 1.46. The first-order chi connectivity index (χ1) is 11.6. The van der Waals surface area contributed by atoms with Gasteiger partial charge in [-0.3, -0.25) is 4.99 Å². The molecule has 1 aliphatic carbocycles. The van der Waals surface area contributed by atoms with Crippen molar-refractivity contribution in [3.63, 3.8) is 0 Å². The van der Waals surface area contributed by atoms with Crippen molar-refractivity contribution in [2.75, 3.05) is 13.6 Å². The van der Waals surface area contributed by atoms with Crippen molar-refractivity contribution < 1.29 is 0 Å². The topological polar surface area (TPSA) is 40.5 Å². The fourth-order valence-electron chi connectivity index (χ4n) is 2.85. The molecule has 2 unspecified atom stereocenters. The quantitative estimate of drug-likeness (QED) is 0.644. The van der Waals surface area contributed by atoms with Gasteiger partial charge >= 0.3 is 0 Å². The van der Waals surface area contributed by atoms with Crippen LogP contribution in [-0.4, -0.2) is 35.5 Å². The van der Waals surface area contributed by atoms with E-state index < -0.39 is 0 Å². The largest absolute Gasteiger partial charge is 0.353 e. The average molecular weight is 363 g/mol. The van der Waals surface area contributed by atoms with Crippen LogP contribution in [0, 0.1) is 6.92 Å². The number of hydrogen-bond donors (Lipinski definition) is 1. The predicted octanol–water partition coefficient (Wildman–Crippen LogP) is 4.06. The third-order valence-electron chi connectivity index (χ3n) is 4.12. The molecular weight excluding hydrogens is 340 g/mol. The zero-order valence-corrected chi connectivity index (χ0v) is 15.9. The zero-order chi connectivity index (χ0) is 17.1. The number of aromatic nitrogens is 1. The van der Waals surface area contributed by atoms with E-state index >= 15 is 0 Å². The molecule has 0 aliphatic heterocycles. The molecule has 3 rings (SSSR count). The van der Waals surface area contributed by atoms with E-state index in [0.717, 1.165) is 41.2 Å². The lowest BCUT2D eigenvalue weighted by Gasteiger charge is -2.22. The van der Waals surface area contributed by atoms with Gasteiger partial charge in [-0.25, -0.2) is 4.98 Å². The maximum atomic E-state index is 6.10. The zero-order valence-electron chi connectivity index (χ0n) is 14.3. The Morgan fingerprint density at radius 1 is 1.50 bits per heavy atom. The van der Waals surface area contributed by atoms with Gasteiger partial charge < -0.3 is 10.2 Å². The number of thiazole rings is 1. The SMILES string of the molecule is CCN=C(NC1CC1c1cccc(Cl)c1)N(C)Cc1csc(C)n1. The van der Waals surface area contributed by atoms with Crippen LogP contribution in [0.15, 0.2) is 34.6 Å². The van der Waals surface area contributed by atoms with Gasteiger partial charge in [0.2, 0.25) is 0 Å². The van der Waals surface area contributed by atoms with Gasteiger partial charge in [0.05, 0.1) is 17.2 Å². The van der Waals surface area contributed by atoms with Gasteiger partial charge in [-0.2, -0.15) is 0 Å². The molecule has 0 spiro atoms. The highest BCUT2D eigenvalue weighted by Crippen LogP contribution is 2.41. The van der Waals surface area contributed by atoms with Crippen molar-refractivity contribution >= 4 is 28.9 Å². The summed E-state index contributed by atoms with van der Waals surface area (Å²) in [6, 6.07) is 8.57. The fourth-order valence-corrected chi connectivity index (χ4v) is 3.65. The Hall–Kier alpha value is -1.59. The second-order valence-electron chi connectivity index (χ2n) is 6.16. The molecule has 2 atom stereocenters. The van der Waals surface area contributed by atoms with Crippen LogP contribution in [0.4, 0.5) is 0 Å². The normalized spacial score (nSPS) is 20.1. The van der Waals surface area contributed by atoms with Gasteiger partial charge in [0.25, 0.3) is 0 Å². The predicted molar refractivity (Wildman–Crippen MR) is 102 cm³/mol. The summed E-state index contributed by atoms with van der Waals surface area (Å²) < 4.78 is 0. The first-order valence-electron chi connectivity index (χ1n) is 8.25. The number of nitrogens with zero attached hydrogens (tertiary/aromatic N) is 3. The molecule has 1 heterocycles. The molecule has 1 aromatic carbocycles. The Kier molecular flexibility index (Phi) is 5.41. The molecule has 1 saturated carbocycles. The van der Waals surface area contributed by atoms with Crippen LogP contribution in [-0.2, 0) is 6.54 Å². The van der Waals surface area contributed by atoms with Crippen molar-refractivity contribution in [2.24, 2.45) is 4.99 Å². The Morgan fingerprint density at radius 2 is 2.33 bits per heavy atom. The second kappa shape index (κ2) is 7.53. The minimum atomic E-state index is 0.424. The van der Waals surface area contributed by atoms with E-state index in [1.165, 1.54) is 5.56 Å². The summed E-state index contributed by atoms with van der Waals surface area (Å²) >= 11 is 7.79. The van der Waals surface area contributed by atoms with Gasteiger partial charge in [0, 0.05) is 36.0 Å². The molecule has 1 aromatic heterocycles. The summed E-state index contributed by atoms with van der Waals surface area (Å²) in [7, 11) is 2.06. The van der Waals surface area contributed by atoms with Crippen molar-refractivity contribution in [1.29, 1.82) is 0 Å². The van der Waals surface area contributed by atoms with E-state index in [4.69, 9.17) is 11.6 Å². The van der Waals surface area contributed by atoms with Gasteiger partial charge in [-0.05, 0) is 38.0 Å². The van der Waals surface area contributed by atoms with Gasteiger partial charge in [-0.1, -0.05) is 23.7 Å². The summed E-state index contributed by atoms with van der Waals surface area (Å²) in [5.41, 5.74) is 2.39. The third-order valence-corrected chi connectivity index (χ3v) is 5.17. The van der Waals surface area contributed by atoms with Crippen molar-refractivity contribution in [1.82, 2.24) is 15.2 Å². The molecule has 128 valence electrons. The number of aryl methyl sites for hydroxylation is 1. The van der Waals surface area contributed by atoms with Crippen LogP contribution in [0.2, 0.25) is 5.02 Å². The van der Waals surface area contributed by atoms with Crippen LogP contribution in [0.1, 0.15) is 35.5 Å². The highest BCUT2D eigenvalue weighted by Gasteiger charge is 2.39. The van der Waals surface area contributed by atoms with E-state index in [9.17, 15) is 0 Å². The van der Waals surface area contributed by atoms with E-state index in [-0.39, 0.29) is 0 Å². The van der Waals surface area contributed by atoms with Crippen LogP contribution in [0.25, 0.3) is 0 Å². The Bertz CT molecular complexity index is 727. The Morgan fingerprint density at radius 3 is 3.00 bits per heavy atom.